The van der Waals surface area contributed by atoms with Crippen molar-refractivity contribution in [2.24, 2.45) is 5.92 Å². The molecule has 11 nitrogen and oxygen atoms in total. The van der Waals surface area contributed by atoms with Crippen LogP contribution in [0.5, 0.6) is 11.5 Å². The second-order valence-electron chi connectivity index (χ2n) is 10.4. The van der Waals surface area contributed by atoms with Crippen molar-refractivity contribution in [2.75, 3.05) is 44.5 Å². The third kappa shape index (κ3) is 7.55. The van der Waals surface area contributed by atoms with E-state index in [0.717, 1.165) is 0 Å². The van der Waals surface area contributed by atoms with E-state index in [1.165, 1.54) is 17.3 Å². The van der Waals surface area contributed by atoms with Crippen molar-refractivity contribution in [1.29, 1.82) is 0 Å². The van der Waals surface area contributed by atoms with Crippen LogP contribution in [0.1, 0.15) is 29.8 Å². The highest BCUT2D eigenvalue weighted by atomic mass is 16.5. The molecule has 4 amide bonds. The van der Waals surface area contributed by atoms with E-state index >= 15 is 0 Å². The first-order valence-electron chi connectivity index (χ1n) is 13.8. The minimum atomic E-state index is -0.480. The Hall–Kier alpha value is -4.64. The molecule has 42 heavy (non-hydrogen) atoms. The molecule has 0 radical (unpaired) electrons. The fraction of sp³-hybridized carbons (Fsp3) is 0.355. The maximum absolute atomic E-state index is 13.5. The third-order valence-electron chi connectivity index (χ3n) is 7.26. The largest absolute Gasteiger partial charge is 0.497 e. The summed E-state index contributed by atoms with van der Waals surface area (Å²) in [6.07, 6.45) is 2.62. The second-order valence-corrected chi connectivity index (χ2v) is 10.4. The number of benzene rings is 2. The number of aliphatic hydroxyl groups excluding tert-OH is 1. The van der Waals surface area contributed by atoms with E-state index in [2.05, 4.69) is 15.6 Å². The summed E-state index contributed by atoms with van der Waals surface area (Å²) < 4.78 is 11.7. The van der Waals surface area contributed by atoms with Crippen LogP contribution < -0.4 is 20.1 Å². The number of aromatic nitrogens is 1. The molecule has 0 fully saturated rings. The predicted octanol–water partition coefficient (Wildman–Crippen LogP) is 3.66. The monoisotopic (exact) mass is 575 g/mol. The van der Waals surface area contributed by atoms with Crippen molar-refractivity contribution < 1.29 is 29.0 Å². The smallest absolute Gasteiger partial charge is 0.321 e. The molecule has 2 heterocycles. The molecule has 1 aliphatic rings. The highest BCUT2D eigenvalue weighted by Crippen LogP contribution is 2.29. The lowest BCUT2D eigenvalue weighted by molar-refractivity contribution is -0.134. The van der Waals surface area contributed by atoms with Gasteiger partial charge in [0.05, 0.1) is 32.7 Å². The molecule has 0 saturated carbocycles. The van der Waals surface area contributed by atoms with Gasteiger partial charge in [-0.2, -0.15) is 0 Å². The van der Waals surface area contributed by atoms with E-state index in [1.54, 1.807) is 80.6 Å². The topological polar surface area (TPSA) is 133 Å². The number of anilines is 2. The molecule has 3 atom stereocenters. The van der Waals surface area contributed by atoms with Crippen LogP contribution in [0.3, 0.4) is 0 Å². The number of likely N-dealkylation sites (N-methyl/N-ethyl adjacent to an activating group) is 1. The van der Waals surface area contributed by atoms with Gasteiger partial charge < -0.3 is 35.0 Å². The van der Waals surface area contributed by atoms with Crippen LogP contribution in [0.25, 0.3) is 0 Å². The molecule has 2 aromatic carbocycles. The average molecular weight is 576 g/mol. The van der Waals surface area contributed by atoms with Crippen LogP contribution in [0.2, 0.25) is 0 Å². The molecule has 11 heteroatoms. The van der Waals surface area contributed by atoms with Crippen LogP contribution in [-0.4, -0.2) is 83.7 Å². The zero-order valence-corrected chi connectivity index (χ0v) is 24.2. The zero-order valence-electron chi connectivity index (χ0n) is 24.2. The third-order valence-corrected chi connectivity index (χ3v) is 7.26. The first-order valence-corrected chi connectivity index (χ1v) is 13.8. The molecule has 1 aromatic heterocycles. The van der Waals surface area contributed by atoms with Gasteiger partial charge in [-0.1, -0.05) is 6.92 Å². The number of aliphatic hydroxyl groups is 1. The SMILES string of the molecule is COc1ccc(NC(=O)N(C)C[C@H]2Oc3ccc(NC(=O)c4ccncc4)cc3CC(=O)N([C@H](C)CO)C[C@@H]2C)cc1. The molecule has 0 bridgehead atoms. The minimum Gasteiger partial charge on any atom is -0.497 e. The summed E-state index contributed by atoms with van der Waals surface area (Å²) in [4.78, 5) is 46.3. The predicted molar refractivity (Wildman–Crippen MR) is 159 cm³/mol. The van der Waals surface area contributed by atoms with Crippen LogP contribution in [0.15, 0.2) is 67.0 Å². The number of hydrogen-bond acceptors (Lipinski definition) is 7. The summed E-state index contributed by atoms with van der Waals surface area (Å²) in [6, 6.07) is 14.7. The standard InChI is InChI=1S/C31H37N5O6/c1-20-17-36(21(2)19-37)29(38)16-23-15-25(33-30(39)22-11-13-32-14-12-22)7-10-27(23)42-28(20)18-35(3)31(40)34-24-5-8-26(41-4)9-6-24/h5-15,20-21,28,37H,16-19H2,1-4H3,(H,33,39)(H,34,40)/t20-,21+,28+/m0/s1. The normalized spacial score (nSPS) is 17.5. The number of nitrogens with one attached hydrogen (secondary N) is 2. The number of rotatable bonds is 8. The second kappa shape index (κ2) is 13.8. The number of nitrogens with zero attached hydrogens (tertiary/aromatic N) is 3. The van der Waals surface area contributed by atoms with Crippen LogP contribution in [-0.2, 0) is 11.2 Å². The lowest BCUT2D eigenvalue weighted by Crippen LogP contribution is -2.48. The molecule has 0 aliphatic carbocycles. The molecule has 3 N–H and O–H groups in total. The highest BCUT2D eigenvalue weighted by Gasteiger charge is 2.32. The molecule has 4 rings (SSSR count). The van der Waals surface area contributed by atoms with Crippen molar-refractivity contribution in [2.45, 2.75) is 32.4 Å². The van der Waals surface area contributed by atoms with E-state index in [-0.39, 0.29) is 43.3 Å². The zero-order chi connectivity index (χ0) is 30.2. The summed E-state index contributed by atoms with van der Waals surface area (Å²) in [6.45, 7) is 4.12. The Morgan fingerprint density at radius 2 is 1.81 bits per heavy atom. The maximum Gasteiger partial charge on any atom is 0.321 e. The van der Waals surface area contributed by atoms with Crippen LogP contribution >= 0.6 is 0 Å². The van der Waals surface area contributed by atoms with Crippen molar-refractivity contribution in [1.82, 2.24) is 14.8 Å². The van der Waals surface area contributed by atoms with Gasteiger partial charge in [0, 0.05) is 54.4 Å². The van der Waals surface area contributed by atoms with E-state index in [0.29, 0.717) is 40.5 Å². The number of fused-ring (bicyclic) bond motifs is 1. The molecule has 1 aliphatic heterocycles. The molecule has 0 unspecified atom stereocenters. The molecule has 0 saturated heterocycles. The fourth-order valence-corrected chi connectivity index (χ4v) is 4.68. The van der Waals surface area contributed by atoms with Crippen molar-refractivity contribution in [3.8, 4) is 11.5 Å². The van der Waals surface area contributed by atoms with Crippen molar-refractivity contribution >= 4 is 29.2 Å². The average Bonchev–Trinajstić information content (AvgIpc) is 3.04. The highest BCUT2D eigenvalue weighted by molar-refractivity contribution is 6.04. The van der Waals surface area contributed by atoms with Gasteiger partial charge in [0.1, 0.15) is 17.6 Å². The molecule has 0 spiro atoms. The Bertz CT molecular complexity index is 1380. The van der Waals surface area contributed by atoms with E-state index in [9.17, 15) is 19.5 Å². The first-order chi connectivity index (χ1) is 20.2. The number of hydrogen-bond donors (Lipinski definition) is 3. The van der Waals surface area contributed by atoms with Gasteiger partial charge in [0.15, 0.2) is 0 Å². The number of carbonyl (C=O) groups is 3. The maximum atomic E-state index is 13.5. The van der Waals surface area contributed by atoms with Gasteiger partial charge in [-0.15, -0.1) is 0 Å². The number of pyridine rings is 1. The van der Waals surface area contributed by atoms with Gasteiger partial charge >= 0.3 is 6.03 Å². The number of amides is 4. The Labute approximate surface area is 245 Å². The quantitative estimate of drug-likeness (QED) is 0.373. The molecular weight excluding hydrogens is 538 g/mol. The van der Waals surface area contributed by atoms with Crippen LogP contribution in [0, 0.1) is 5.92 Å². The van der Waals surface area contributed by atoms with Crippen molar-refractivity contribution in [3.63, 3.8) is 0 Å². The molecular formula is C31H37N5O6. The minimum absolute atomic E-state index is 0.0197. The number of methoxy groups -OCH3 is 1. The number of carbonyl (C=O) groups excluding carboxylic acids is 3. The summed E-state index contributed by atoms with van der Waals surface area (Å²) >= 11 is 0. The number of urea groups is 1. The summed E-state index contributed by atoms with van der Waals surface area (Å²) in [5, 5.41) is 15.6. The van der Waals surface area contributed by atoms with Gasteiger partial charge in [-0.3, -0.25) is 14.6 Å². The van der Waals surface area contributed by atoms with Gasteiger partial charge in [0.25, 0.3) is 5.91 Å². The summed E-state index contributed by atoms with van der Waals surface area (Å²) in [5.41, 5.74) is 2.17. The summed E-state index contributed by atoms with van der Waals surface area (Å²) in [5.74, 6) is 0.515. The van der Waals surface area contributed by atoms with Gasteiger partial charge in [0.2, 0.25) is 5.91 Å². The Balaban J connectivity index is 1.57. The molecule has 3 aromatic rings. The number of ether oxygens (including phenoxy) is 2. The van der Waals surface area contributed by atoms with E-state index in [1.807, 2.05) is 6.92 Å². The Morgan fingerprint density at radius 1 is 1.12 bits per heavy atom. The summed E-state index contributed by atoms with van der Waals surface area (Å²) in [7, 11) is 3.26. The van der Waals surface area contributed by atoms with Crippen LogP contribution in [0.4, 0.5) is 16.2 Å². The molecule has 222 valence electrons. The Kier molecular flexibility index (Phi) is 9.98. The van der Waals surface area contributed by atoms with E-state index in [4.69, 9.17) is 9.47 Å². The van der Waals surface area contributed by atoms with Crippen molar-refractivity contribution in [3.05, 3.63) is 78.1 Å². The van der Waals surface area contributed by atoms with Gasteiger partial charge in [-0.05, 0) is 61.5 Å². The van der Waals surface area contributed by atoms with E-state index < -0.39 is 12.1 Å². The first kappa shape index (κ1) is 30.3. The lowest BCUT2D eigenvalue weighted by atomic mass is 10.0. The lowest BCUT2D eigenvalue weighted by Gasteiger charge is -2.34. The Morgan fingerprint density at radius 3 is 2.48 bits per heavy atom. The fourth-order valence-electron chi connectivity index (χ4n) is 4.68. The van der Waals surface area contributed by atoms with Gasteiger partial charge in [-0.25, -0.2) is 4.79 Å².